The Morgan fingerprint density at radius 2 is 1.85 bits per heavy atom. The van der Waals surface area contributed by atoms with Crippen LogP contribution < -0.4 is 11.1 Å². The van der Waals surface area contributed by atoms with Crippen LogP contribution in [0, 0.1) is 5.92 Å². The predicted octanol–water partition coefficient (Wildman–Crippen LogP) is 1.25. The first-order valence-corrected chi connectivity index (χ1v) is 6.39. The summed E-state index contributed by atoms with van der Waals surface area (Å²) in [6, 6.07) is 6.30. The zero-order valence-corrected chi connectivity index (χ0v) is 12.0. The molecule has 0 aromatic heterocycles. The number of hydrogen-bond donors (Lipinski definition) is 3. The molecule has 110 valence electrons. The van der Waals surface area contributed by atoms with E-state index in [1.54, 1.807) is 31.3 Å². The van der Waals surface area contributed by atoms with Crippen LogP contribution in [0.3, 0.4) is 0 Å². The first-order chi connectivity index (χ1) is 9.31. The molecule has 6 nitrogen and oxygen atoms in total. The lowest BCUT2D eigenvalue weighted by molar-refractivity contribution is -0.139. The molecule has 20 heavy (non-hydrogen) atoms. The third kappa shape index (κ3) is 4.55. The zero-order chi connectivity index (χ0) is 15.3. The minimum absolute atomic E-state index is 0.00636. The Kier molecular flexibility index (Phi) is 5.52. The van der Waals surface area contributed by atoms with E-state index in [4.69, 9.17) is 10.8 Å². The van der Waals surface area contributed by atoms with Gasteiger partial charge in [-0.25, -0.2) is 0 Å². The highest BCUT2D eigenvalue weighted by Crippen LogP contribution is 2.15. The van der Waals surface area contributed by atoms with Crippen LogP contribution in [0.4, 0.5) is 11.4 Å². The van der Waals surface area contributed by atoms with Crippen molar-refractivity contribution in [3.05, 3.63) is 24.3 Å². The van der Waals surface area contributed by atoms with E-state index in [1.807, 2.05) is 13.8 Å². The molecule has 1 aromatic rings. The fraction of sp³-hybridized carbons (Fsp3) is 0.429. The van der Waals surface area contributed by atoms with Crippen LogP contribution in [-0.4, -0.2) is 41.5 Å². The average molecular weight is 279 g/mol. The quantitative estimate of drug-likeness (QED) is 0.681. The van der Waals surface area contributed by atoms with Gasteiger partial charge in [-0.2, -0.15) is 0 Å². The highest BCUT2D eigenvalue weighted by molar-refractivity contribution is 5.95. The van der Waals surface area contributed by atoms with Gasteiger partial charge in [-0.15, -0.1) is 0 Å². The summed E-state index contributed by atoms with van der Waals surface area (Å²) in [4.78, 5) is 24.6. The number of carboxylic acids is 1. The molecule has 0 bridgehead atoms. The summed E-state index contributed by atoms with van der Waals surface area (Å²) < 4.78 is 0. The van der Waals surface area contributed by atoms with E-state index in [2.05, 4.69) is 5.32 Å². The number of nitrogens with zero attached hydrogens (tertiary/aromatic N) is 1. The van der Waals surface area contributed by atoms with E-state index in [0.29, 0.717) is 11.4 Å². The van der Waals surface area contributed by atoms with Gasteiger partial charge in [0.15, 0.2) is 0 Å². The Morgan fingerprint density at radius 1 is 1.30 bits per heavy atom. The predicted molar refractivity (Wildman–Crippen MR) is 78.4 cm³/mol. The van der Waals surface area contributed by atoms with Crippen molar-refractivity contribution in [3.63, 3.8) is 0 Å². The molecule has 1 rings (SSSR count). The van der Waals surface area contributed by atoms with Crippen LogP contribution in [0.25, 0.3) is 0 Å². The number of nitrogen functional groups attached to an aromatic ring is 1. The summed E-state index contributed by atoms with van der Waals surface area (Å²) in [6.07, 6.45) is 0. The summed E-state index contributed by atoms with van der Waals surface area (Å²) >= 11 is 0. The molecule has 0 fully saturated rings. The lowest BCUT2D eigenvalue weighted by atomic mass is 10.0. The molecule has 0 aliphatic heterocycles. The van der Waals surface area contributed by atoms with Crippen molar-refractivity contribution in [1.29, 1.82) is 0 Å². The number of likely N-dealkylation sites (N-methyl/N-ethyl adjacent to an activating group) is 1. The van der Waals surface area contributed by atoms with Crippen molar-refractivity contribution in [1.82, 2.24) is 4.90 Å². The van der Waals surface area contributed by atoms with Gasteiger partial charge >= 0.3 is 5.97 Å². The summed E-state index contributed by atoms with van der Waals surface area (Å²) in [5.74, 6) is -1.19. The first kappa shape index (κ1) is 16.0. The fourth-order valence-corrected chi connectivity index (χ4v) is 2.11. The third-order valence-electron chi connectivity index (χ3n) is 2.94. The molecule has 0 spiro atoms. The maximum atomic E-state index is 12.3. The van der Waals surface area contributed by atoms with Crippen LogP contribution >= 0.6 is 0 Å². The highest BCUT2D eigenvalue weighted by atomic mass is 16.4. The lowest BCUT2D eigenvalue weighted by Gasteiger charge is -2.28. The van der Waals surface area contributed by atoms with E-state index in [1.165, 1.54) is 4.90 Å². The Hall–Kier alpha value is -2.08. The molecular formula is C14H21N3O3. The van der Waals surface area contributed by atoms with Crippen molar-refractivity contribution in [2.24, 2.45) is 5.92 Å². The molecule has 6 heteroatoms. The van der Waals surface area contributed by atoms with E-state index in [0.717, 1.165) is 0 Å². The van der Waals surface area contributed by atoms with E-state index >= 15 is 0 Å². The number of nitrogens with two attached hydrogens (primary N) is 1. The van der Waals surface area contributed by atoms with Gasteiger partial charge in [-0.05, 0) is 37.2 Å². The van der Waals surface area contributed by atoms with Crippen molar-refractivity contribution in [2.45, 2.75) is 19.9 Å². The molecule has 0 aliphatic rings. The summed E-state index contributed by atoms with van der Waals surface area (Å²) in [6.45, 7) is 3.58. The van der Waals surface area contributed by atoms with Crippen LogP contribution in [0.1, 0.15) is 13.8 Å². The number of hydrogen-bond acceptors (Lipinski definition) is 4. The van der Waals surface area contributed by atoms with E-state index in [-0.39, 0.29) is 18.4 Å². The number of benzene rings is 1. The van der Waals surface area contributed by atoms with Crippen molar-refractivity contribution in [2.75, 3.05) is 24.6 Å². The number of aliphatic carboxylic acids is 1. The van der Waals surface area contributed by atoms with Crippen molar-refractivity contribution in [3.8, 4) is 0 Å². The Morgan fingerprint density at radius 3 is 2.30 bits per heavy atom. The molecule has 0 saturated heterocycles. The monoisotopic (exact) mass is 279 g/mol. The zero-order valence-electron chi connectivity index (χ0n) is 12.0. The molecule has 1 aromatic carbocycles. The van der Waals surface area contributed by atoms with Gasteiger partial charge in [0.25, 0.3) is 0 Å². The average Bonchev–Trinajstić information content (AvgIpc) is 2.30. The molecule has 1 atom stereocenters. The first-order valence-electron chi connectivity index (χ1n) is 6.39. The smallest absolute Gasteiger partial charge is 0.317 e. The number of carboxylic acid groups (broad SMARTS) is 1. The Bertz CT molecular complexity index is 471. The minimum atomic E-state index is -0.960. The van der Waals surface area contributed by atoms with Crippen molar-refractivity contribution < 1.29 is 14.7 Å². The van der Waals surface area contributed by atoms with Gasteiger partial charge in [0.2, 0.25) is 5.91 Å². The number of carbonyl (C=O) groups is 2. The largest absolute Gasteiger partial charge is 0.480 e. The second-order valence-electron chi connectivity index (χ2n) is 5.11. The number of amides is 1. The summed E-state index contributed by atoms with van der Waals surface area (Å²) in [5, 5.41) is 11.6. The van der Waals surface area contributed by atoms with E-state index in [9.17, 15) is 9.59 Å². The second kappa shape index (κ2) is 6.91. The molecule has 0 aliphatic carbocycles. The summed E-state index contributed by atoms with van der Waals surface area (Å²) in [5.41, 5.74) is 6.84. The fourth-order valence-electron chi connectivity index (χ4n) is 2.11. The summed E-state index contributed by atoms with van der Waals surface area (Å²) in [7, 11) is 1.63. The minimum Gasteiger partial charge on any atom is -0.480 e. The maximum absolute atomic E-state index is 12.3. The lowest BCUT2D eigenvalue weighted by Crippen LogP contribution is -2.47. The maximum Gasteiger partial charge on any atom is 0.317 e. The van der Waals surface area contributed by atoms with Gasteiger partial charge < -0.3 is 16.2 Å². The number of rotatable bonds is 6. The van der Waals surface area contributed by atoms with Gasteiger partial charge in [-0.3, -0.25) is 14.5 Å². The van der Waals surface area contributed by atoms with Gasteiger partial charge in [-0.1, -0.05) is 13.8 Å². The van der Waals surface area contributed by atoms with Crippen LogP contribution in [-0.2, 0) is 9.59 Å². The Balaban J connectivity index is 2.78. The molecule has 4 N–H and O–H groups in total. The Labute approximate surface area is 118 Å². The molecule has 1 amide bonds. The van der Waals surface area contributed by atoms with Crippen molar-refractivity contribution >= 4 is 23.3 Å². The third-order valence-corrected chi connectivity index (χ3v) is 2.94. The van der Waals surface area contributed by atoms with Gasteiger partial charge in [0, 0.05) is 11.4 Å². The molecule has 0 radical (unpaired) electrons. The number of carbonyl (C=O) groups excluding carboxylic acids is 1. The number of anilines is 2. The van der Waals surface area contributed by atoms with Gasteiger partial charge in [0.1, 0.15) is 0 Å². The highest BCUT2D eigenvalue weighted by Gasteiger charge is 2.27. The normalized spacial score (nSPS) is 12.4. The topological polar surface area (TPSA) is 95.7 Å². The number of nitrogens with one attached hydrogen (secondary N) is 1. The second-order valence-corrected chi connectivity index (χ2v) is 5.11. The SMILES string of the molecule is CC(C)C(C(=O)Nc1ccc(N)cc1)N(C)CC(=O)O. The van der Waals surface area contributed by atoms with Crippen LogP contribution in [0.15, 0.2) is 24.3 Å². The van der Waals surface area contributed by atoms with Crippen LogP contribution in [0.5, 0.6) is 0 Å². The standard InChI is InChI=1S/C14H21N3O3/c1-9(2)13(17(3)8-12(18)19)14(20)16-11-6-4-10(15)5-7-11/h4-7,9,13H,8,15H2,1-3H3,(H,16,20)(H,18,19). The molecule has 0 heterocycles. The molecule has 0 saturated carbocycles. The molecule has 1 unspecified atom stereocenters. The molecular weight excluding hydrogens is 258 g/mol. The van der Waals surface area contributed by atoms with Gasteiger partial charge in [0.05, 0.1) is 12.6 Å². The van der Waals surface area contributed by atoms with E-state index < -0.39 is 12.0 Å². The van der Waals surface area contributed by atoms with Crippen LogP contribution in [0.2, 0.25) is 0 Å².